The largest absolute Gasteiger partial charge is 0.466 e. The second-order valence-electron chi connectivity index (χ2n) is 3.51. The van der Waals surface area contributed by atoms with E-state index >= 15 is 0 Å². The van der Waals surface area contributed by atoms with Gasteiger partial charge in [0.25, 0.3) is 0 Å². The second kappa shape index (κ2) is 6.81. The first-order valence-corrected chi connectivity index (χ1v) is 6.60. The van der Waals surface area contributed by atoms with Crippen LogP contribution in [0.25, 0.3) is 0 Å². The highest BCUT2D eigenvalue weighted by Crippen LogP contribution is 2.25. The summed E-state index contributed by atoms with van der Waals surface area (Å²) < 4.78 is 4.89. The van der Waals surface area contributed by atoms with Crippen LogP contribution in [0.15, 0.2) is 11.1 Å². The van der Waals surface area contributed by atoms with Crippen molar-refractivity contribution in [2.24, 2.45) is 0 Å². The zero-order chi connectivity index (χ0) is 12.8. The highest BCUT2D eigenvalue weighted by Gasteiger charge is 2.12. The molecule has 0 bridgehead atoms. The lowest BCUT2D eigenvalue weighted by Crippen LogP contribution is -2.10. The van der Waals surface area contributed by atoms with Gasteiger partial charge in [-0.3, -0.25) is 4.79 Å². The first-order chi connectivity index (χ1) is 8.01. The van der Waals surface area contributed by atoms with Crippen molar-refractivity contribution in [2.45, 2.75) is 37.5 Å². The number of hydrogen-bond donors (Lipinski definition) is 0. The lowest BCUT2D eigenvalue weighted by molar-refractivity contribution is -0.142. The van der Waals surface area contributed by atoms with Crippen molar-refractivity contribution in [3.05, 3.63) is 17.0 Å². The molecular formula is C11H15ClN2O2S. The number of hydrogen-bond acceptors (Lipinski definition) is 5. The van der Waals surface area contributed by atoms with Gasteiger partial charge in [-0.25, -0.2) is 9.97 Å². The molecule has 0 saturated carbocycles. The van der Waals surface area contributed by atoms with E-state index in [9.17, 15) is 4.79 Å². The van der Waals surface area contributed by atoms with Crippen molar-refractivity contribution in [1.29, 1.82) is 0 Å². The van der Waals surface area contributed by atoms with E-state index in [0.29, 0.717) is 24.0 Å². The van der Waals surface area contributed by atoms with Gasteiger partial charge in [-0.05, 0) is 13.8 Å². The summed E-state index contributed by atoms with van der Waals surface area (Å²) in [5, 5.41) is 1.29. The van der Waals surface area contributed by atoms with Gasteiger partial charge in [-0.1, -0.05) is 18.5 Å². The molecule has 0 amide bonds. The van der Waals surface area contributed by atoms with Gasteiger partial charge in [-0.2, -0.15) is 0 Å². The normalized spacial score (nSPS) is 12.2. The van der Waals surface area contributed by atoms with E-state index in [4.69, 9.17) is 16.3 Å². The molecule has 0 saturated heterocycles. The number of aryl methyl sites for hydroxylation is 1. The molecule has 1 heterocycles. The van der Waals surface area contributed by atoms with Crippen molar-refractivity contribution < 1.29 is 9.53 Å². The number of aromatic nitrogens is 2. The van der Waals surface area contributed by atoms with Crippen molar-refractivity contribution in [3.63, 3.8) is 0 Å². The Morgan fingerprint density at radius 3 is 2.88 bits per heavy atom. The van der Waals surface area contributed by atoms with Crippen LogP contribution in [-0.2, 0) is 9.53 Å². The van der Waals surface area contributed by atoms with Crippen LogP contribution >= 0.6 is 23.4 Å². The van der Waals surface area contributed by atoms with Crippen LogP contribution in [0.5, 0.6) is 0 Å². The van der Waals surface area contributed by atoms with Gasteiger partial charge in [0.2, 0.25) is 0 Å². The molecule has 17 heavy (non-hydrogen) atoms. The topological polar surface area (TPSA) is 52.1 Å². The molecule has 94 valence electrons. The lowest BCUT2D eigenvalue weighted by Gasteiger charge is -2.10. The average Bonchev–Trinajstić information content (AvgIpc) is 2.14. The summed E-state index contributed by atoms with van der Waals surface area (Å²) in [5.74, 6) is 0.438. The molecule has 1 atom stereocenters. The number of halogens is 1. The molecule has 1 aromatic heterocycles. The van der Waals surface area contributed by atoms with E-state index in [-0.39, 0.29) is 11.2 Å². The Morgan fingerprint density at radius 2 is 2.29 bits per heavy atom. The minimum absolute atomic E-state index is 0.0967. The third kappa shape index (κ3) is 5.37. The van der Waals surface area contributed by atoms with Crippen molar-refractivity contribution >= 4 is 29.3 Å². The van der Waals surface area contributed by atoms with Gasteiger partial charge in [0.1, 0.15) is 16.0 Å². The highest BCUT2D eigenvalue weighted by atomic mass is 35.5. The Kier molecular flexibility index (Phi) is 5.71. The third-order valence-corrected chi connectivity index (χ3v) is 3.08. The first kappa shape index (κ1) is 14.3. The maximum atomic E-state index is 11.3. The Morgan fingerprint density at radius 1 is 1.59 bits per heavy atom. The molecule has 6 heteroatoms. The van der Waals surface area contributed by atoms with Crippen LogP contribution in [0.1, 0.15) is 26.1 Å². The molecule has 0 aromatic carbocycles. The van der Waals surface area contributed by atoms with E-state index in [1.807, 2.05) is 6.92 Å². The van der Waals surface area contributed by atoms with E-state index in [1.54, 1.807) is 19.9 Å². The maximum Gasteiger partial charge on any atom is 0.306 e. The number of esters is 1. The number of carbonyl (C=O) groups excluding carboxylic acids is 1. The monoisotopic (exact) mass is 274 g/mol. The summed E-state index contributed by atoms with van der Waals surface area (Å²) in [4.78, 5) is 19.5. The molecule has 1 rings (SSSR count). The molecule has 0 aliphatic rings. The third-order valence-electron chi connectivity index (χ3n) is 1.86. The fraction of sp³-hybridized carbons (Fsp3) is 0.545. The summed E-state index contributed by atoms with van der Waals surface area (Å²) in [7, 11) is 0. The Hall–Kier alpha value is -0.810. The molecular weight excluding hydrogens is 260 g/mol. The molecule has 1 aromatic rings. The second-order valence-corrected chi connectivity index (χ2v) is 5.36. The van der Waals surface area contributed by atoms with Gasteiger partial charge >= 0.3 is 5.97 Å². The Bertz CT molecular complexity index is 381. The van der Waals surface area contributed by atoms with Crippen molar-refractivity contribution in [3.8, 4) is 0 Å². The molecule has 0 aliphatic carbocycles. The zero-order valence-corrected chi connectivity index (χ0v) is 11.6. The minimum atomic E-state index is -0.190. The van der Waals surface area contributed by atoms with E-state index < -0.39 is 0 Å². The summed E-state index contributed by atoms with van der Waals surface area (Å²) in [6.07, 6.45) is 0.360. The smallest absolute Gasteiger partial charge is 0.306 e. The number of carbonyl (C=O) groups is 1. The summed E-state index contributed by atoms with van der Waals surface area (Å²) in [6, 6.07) is 1.70. The van der Waals surface area contributed by atoms with Crippen LogP contribution in [0.4, 0.5) is 0 Å². The Labute approximate surface area is 110 Å². The first-order valence-electron chi connectivity index (χ1n) is 5.34. The lowest BCUT2D eigenvalue weighted by atomic mass is 10.3. The zero-order valence-electron chi connectivity index (χ0n) is 10.1. The van der Waals surface area contributed by atoms with Gasteiger partial charge in [0.05, 0.1) is 13.0 Å². The SMILES string of the molecule is CCOC(=O)CC(C)Sc1cc(Cl)nc(C)n1. The molecule has 0 spiro atoms. The van der Waals surface area contributed by atoms with Gasteiger partial charge in [0, 0.05) is 11.3 Å². The van der Waals surface area contributed by atoms with Crippen molar-refractivity contribution in [1.82, 2.24) is 9.97 Å². The highest BCUT2D eigenvalue weighted by molar-refractivity contribution is 7.99. The molecule has 0 aliphatic heterocycles. The fourth-order valence-corrected chi connectivity index (χ4v) is 2.55. The summed E-state index contributed by atoms with van der Waals surface area (Å²) in [6.45, 7) is 5.94. The van der Waals surface area contributed by atoms with E-state index in [1.165, 1.54) is 11.8 Å². The van der Waals surface area contributed by atoms with Crippen LogP contribution < -0.4 is 0 Å². The molecule has 0 N–H and O–H groups in total. The molecule has 0 radical (unpaired) electrons. The van der Waals surface area contributed by atoms with Crippen LogP contribution in [0.3, 0.4) is 0 Å². The van der Waals surface area contributed by atoms with Crippen LogP contribution in [-0.4, -0.2) is 27.8 Å². The number of nitrogens with zero attached hydrogens (tertiary/aromatic N) is 2. The van der Waals surface area contributed by atoms with E-state index in [0.717, 1.165) is 5.03 Å². The number of thioether (sulfide) groups is 1. The predicted octanol–water partition coefficient (Wildman–Crippen LogP) is 2.87. The van der Waals surface area contributed by atoms with Crippen LogP contribution in [0, 0.1) is 6.92 Å². The van der Waals surface area contributed by atoms with Gasteiger partial charge in [0.15, 0.2) is 0 Å². The predicted molar refractivity (Wildman–Crippen MR) is 68.3 cm³/mol. The maximum absolute atomic E-state index is 11.3. The fourth-order valence-electron chi connectivity index (χ4n) is 1.27. The standard InChI is InChI=1S/C11H15ClN2O2S/c1-4-16-11(15)5-7(2)17-10-6-9(12)13-8(3)14-10/h6-7H,4-5H2,1-3H3. The number of rotatable bonds is 5. The number of ether oxygens (including phenoxy) is 1. The molecule has 1 unspecified atom stereocenters. The van der Waals surface area contributed by atoms with Crippen molar-refractivity contribution in [2.75, 3.05) is 6.61 Å². The Balaban J connectivity index is 2.55. The van der Waals surface area contributed by atoms with E-state index in [2.05, 4.69) is 9.97 Å². The minimum Gasteiger partial charge on any atom is -0.466 e. The quantitative estimate of drug-likeness (QED) is 0.469. The molecule has 0 fully saturated rings. The van der Waals surface area contributed by atoms with Gasteiger partial charge in [-0.15, -0.1) is 11.8 Å². The summed E-state index contributed by atoms with van der Waals surface area (Å²) >= 11 is 7.32. The molecule has 4 nitrogen and oxygen atoms in total. The summed E-state index contributed by atoms with van der Waals surface area (Å²) in [5.41, 5.74) is 0. The average molecular weight is 275 g/mol. The van der Waals surface area contributed by atoms with Crippen LogP contribution in [0.2, 0.25) is 5.15 Å². The van der Waals surface area contributed by atoms with Gasteiger partial charge < -0.3 is 4.74 Å².